The maximum atomic E-state index is 6.97. The summed E-state index contributed by atoms with van der Waals surface area (Å²) in [6, 6.07) is 52.3. The van der Waals surface area contributed by atoms with Crippen LogP contribution in [0.4, 0.5) is 0 Å². The summed E-state index contributed by atoms with van der Waals surface area (Å²) < 4.78 is 6.97. The molecule has 0 spiro atoms. The van der Waals surface area contributed by atoms with Gasteiger partial charge in [-0.25, -0.2) is 0 Å². The molecule has 0 fully saturated rings. The zero-order valence-electron chi connectivity index (χ0n) is 22.3. The molecule has 0 radical (unpaired) electrons. The lowest BCUT2D eigenvalue weighted by atomic mass is 9.85. The summed E-state index contributed by atoms with van der Waals surface area (Å²) in [5.74, 6) is 0. The Bertz CT molecular complexity index is 2410. The minimum atomic E-state index is 0.937. The molecule has 1 aromatic heterocycles. The maximum Gasteiger partial charge on any atom is 0.143 e. The molecule has 0 aliphatic carbocycles. The van der Waals surface area contributed by atoms with Crippen molar-refractivity contribution in [1.82, 2.24) is 0 Å². The van der Waals surface area contributed by atoms with Crippen LogP contribution in [-0.2, 0) is 0 Å². The van der Waals surface area contributed by atoms with Crippen LogP contribution in [0.25, 0.3) is 87.3 Å². The van der Waals surface area contributed by atoms with Crippen molar-refractivity contribution in [2.75, 3.05) is 0 Å². The molecule has 0 unspecified atom stereocenters. The summed E-state index contributed by atoms with van der Waals surface area (Å²) in [6.07, 6.45) is 0. The van der Waals surface area contributed by atoms with E-state index in [1.165, 1.54) is 59.8 Å². The monoisotopic (exact) mass is 520 g/mol. The van der Waals surface area contributed by atoms with Crippen LogP contribution in [-0.4, -0.2) is 0 Å². The van der Waals surface area contributed by atoms with Gasteiger partial charge in [-0.15, -0.1) is 0 Å². The van der Waals surface area contributed by atoms with Crippen LogP contribution in [0.3, 0.4) is 0 Å². The van der Waals surface area contributed by atoms with Gasteiger partial charge in [0, 0.05) is 27.3 Å². The van der Waals surface area contributed by atoms with Crippen molar-refractivity contribution in [3.8, 4) is 22.3 Å². The third-order valence-corrected chi connectivity index (χ3v) is 8.64. The van der Waals surface area contributed by atoms with Crippen molar-refractivity contribution < 1.29 is 4.42 Å². The van der Waals surface area contributed by atoms with Gasteiger partial charge >= 0.3 is 0 Å². The topological polar surface area (TPSA) is 13.1 Å². The molecule has 0 aliphatic heterocycles. The van der Waals surface area contributed by atoms with Gasteiger partial charge in [-0.2, -0.15) is 0 Å². The van der Waals surface area contributed by atoms with E-state index in [4.69, 9.17) is 4.42 Å². The highest BCUT2D eigenvalue weighted by Gasteiger charge is 2.21. The molecule has 1 heteroatoms. The lowest BCUT2D eigenvalue weighted by molar-refractivity contribution is 0.674. The van der Waals surface area contributed by atoms with Crippen molar-refractivity contribution in [2.45, 2.75) is 0 Å². The summed E-state index contributed by atoms with van der Waals surface area (Å²) in [7, 11) is 0. The normalized spacial score (nSPS) is 11.9. The minimum Gasteiger partial charge on any atom is -0.455 e. The van der Waals surface area contributed by atoms with Gasteiger partial charge in [-0.1, -0.05) is 146 Å². The van der Waals surface area contributed by atoms with Gasteiger partial charge in [0.1, 0.15) is 11.2 Å². The lowest BCUT2D eigenvalue weighted by Crippen LogP contribution is -1.90. The van der Waals surface area contributed by atoms with E-state index >= 15 is 0 Å². The second kappa shape index (κ2) is 8.55. The largest absolute Gasteiger partial charge is 0.455 e. The van der Waals surface area contributed by atoms with Crippen LogP contribution in [0, 0.1) is 0 Å². The van der Waals surface area contributed by atoms with Gasteiger partial charge in [-0.3, -0.25) is 0 Å². The molecule has 1 heterocycles. The molecule has 41 heavy (non-hydrogen) atoms. The van der Waals surface area contributed by atoms with Crippen LogP contribution in [0.2, 0.25) is 0 Å². The van der Waals surface area contributed by atoms with E-state index in [1.54, 1.807) is 0 Å². The fourth-order valence-corrected chi connectivity index (χ4v) is 6.96. The SMILES string of the molecule is c1ccc(-c2c3ccccc3c(-c3cccc4c3oc3c5ccccc5c5ccccc5c43)c3ccccc23)cc1. The molecular formula is C40H24O. The van der Waals surface area contributed by atoms with E-state index in [9.17, 15) is 0 Å². The van der Waals surface area contributed by atoms with Crippen LogP contribution in [0.1, 0.15) is 0 Å². The molecule has 8 aromatic carbocycles. The average Bonchev–Trinajstić information content (AvgIpc) is 3.45. The van der Waals surface area contributed by atoms with Crippen LogP contribution < -0.4 is 0 Å². The highest BCUT2D eigenvalue weighted by Crippen LogP contribution is 2.48. The third-order valence-electron chi connectivity index (χ3n) is 8.64. The summed E-state index contributed by atoms with van der Waals surface area (Å²) in [5, 5.41) is 12.1. The number of benzene rings is 8. The first-order valence-corrected chi connectivity index (χ1v) is 14.1. The number of hydrogen-bond acceptors (Lipinski definition) is 1. The molecule has 0 N–H and O–H groups in total. The zero-order valence-corrected chi connectivity index (χ0v) is 22.3. The first-order chi connectivity index (χ1) is 20.4. The average molecular weight is 521 g/mol. The van der Waals surface area contributed by atoms with E-state index in [-0.39, 0.29) is 0 Å². The van der Waals surface area contributed by atoms with Crippen molar-refractivity contribution in [3.63, 3.8) is 0 Å². The van der Waals surface area contributed by atoms with E-state index in [2.05, 4.69) is 146 Å². The Kier molecular flexibility index (Phi) is 4.67. The fourth-order valence-electron chi connectivity index (χ4n) is 6.96. The Hall–Kier alpha value is -5.40. The summed E-state index contributed by atoms with van der Waals surface area (Å²) in [5.41, 5.74) is 6.73. The Morgan fingerprint density at radius 2 is 0.756 bits per heavy atom. The Labute approximate surface area is 236 Å². The van der Waals surface area contributed by atoms with E-state index < -0.39 is 0 Å². The Morgan fingerprint density at radius 3 is 1.39 bits per heavy atom. The molecule has 0 bridgehead atoms. The molecule has 0 atom stereocenters. The van der Waals surface area contributed by atoms with E-state index in [0.717, 1.165) is 27.5 Å². The van der Waals surface area contributed by atoms with Crippen molar-refractivity contribution in [3.05, 3.63) is 146 Å². The molecule has 190 valence electrons. The number of furan rings is 1. The molecule has 0 saturated carbocycles. The Morgan fingerprint density at radius 1 is 0.293 bits per heavy atom. The molecule has 9 rings (SSSR count). The highest BCUT2D eigenvalue weighted by atomic mass is 16.3. The fraction of sp³-hybridized carbons (Fsp3) is 0. The smallest absolute Gasteiger partial charge is 0.143 e. The van der Waals surface area contributed by atoms with Crippen LogP contribution >= 0.6 is 0 Å². The minimum absolute atomic E-state index is 0.937. The second-order valence-electron chi connectivity index (χ2n) is 10.8. The summed E-state index contributed by atoms with van der Waals surface area (Å²) in [6.45, 7) is 0. The van der Waals surface area contributed by atoms with Gasteiger partial charge in [0.2, 0.25) is 0 Å². The van der Waals surface area contributed by atoms with Gasteiger partial charge in [0.15, 0.2) is 0 Å². The molecule has 0 amide bonds. The third kappa shape index (κ3) is 3.12. The number of fused-ring (bicyclic) bond motifs is 10. The highest BCUT2D eigenvalue weighted by molar-refractivity contribution is 6.32. The van der Waals surface area contributed by atoms with E-state index in [0.29, 0.717) is 0 Å². The van der Waals surface area contributed by atoms with Crippen molar-refractivity contribution in [1.29, 1.82) is 0 Å². The second-order valence-corrected chi connectivity index (χ2v) is 10.8. The molecule has 9 aromatic rings. The van der Waals surface area contributed by atoms with Crippen molar-refractivity contribution >= 4 is 65.0 Å². The quantitative estimate of drug-likeness (QED) is 0.163. The lowest BCUT2D eigenvalue weighted by Gasteiger charge is -2.17. The number of rotatable bonds is 2. The summed E-state index contributed by atoms with van der Waals surface area (Å²) in [4.78, 5) is 0. The Balaban J connectivity index is 1.48. The van der Waals surface area contributed by atoms with Gasteiger partial charge in [0.25, 0.3) is 0 Å². The molecule has 0 saturated heterocycles. The standard InChI is InChI=1S/C40H24O/c1-2-13-25(14-3-1)36-29-18-7-9-20-31(29)37(32-21-10-8-19-30(32)36)34-23-12-24-35-38-28-17-6-4-15-26(28)27-16-5-11-22-33(27)40(38)41-39(34)35/h1-24H. The predicted molar refractivity (Wildman–Crippen MR) is 175 cm³/mol. The zero-order chi connectivity index (χ0) is 26.9. The van der Waals surface area contributed by atoms with Gasteiger partial charge in [0.05, 0.1) is 0 Å². The first kappa shape index (κ1) is 22.4. The van der Waals surface area contributed by atoms with Crippen LogP contribution in [0.5, 0.6) is 0 Å². The number of para-hydroxylation sites is 1. The summed E-state index contributed by atoms with van der Waals surface area (Å²) >= 11 is 0. The van der Waals surface area contributed by atoms with E-state index in [1.807, 2.05) is 0 Å². The van der Waals surface area contributed by atoms with Crippen LogP contribution in [0.15, 0.2) is 150 Å². The number of hydrogen-bond donors (Lipinski definition) is 0. The predicted octanol–water partition coefficient (Wildman–Crippen LogP) is 11.5. The van der Waals surface area contributed by atoms with Crippen molar-refractivity contribution in [2.24, 2.45) is 0 Å². The first-order valence-electron chi connectivity index (χ1n) is 14.1. The molecule has 1 nitrogen and oxygen atoms in total. The van der Waals surface area contributed by atoms with Gasteiger partial charge in [-0.05, 0) is 48.8 Å². The molecular weight excluding hydrogens is 496 g/mol. The molecule has 0 aliphatic rings. The van der Waals surface area contributed by atoms with Gasteiger partial charge < -0.3 is 4.42 Å². The maximum absolute atomic E-state index is 6.97.